The van der Waals surface area contributed by atoms with Crippen molar-refractivity contribution >= 4 is 6.03 Å². The molecular weight excluding hydrogens is 291 g/mol. The third kappa shape index (κ3) is 3.22. The highest BCUT2D eigenvalue weighted by Crippen LogP contribution is 2.19. The van der Waals surface area contributed by atoms with E-state index in [9.17, 15) is 9.18 Å². The van der Waals surface area contributed by atoms with Crippen LogP contribution in [0.2, 0.25) is 0 Å². The average Bonchev–Trinajstić information content (AvgIpc) is 3.02. The quantitative estimate of drug-likeness (QED) is 0.927. The fourth-order valence-electron chi connectivity index (χ4n) is 2.11. The molecule has 0 aliphatic carbocycles. The number of halogens is 1. The van der Waals surface area contributed by atoms with Crippen LogP contribution in [0, 0.1) is 5.82 Å². The van der Waals surface area contributed by atoms with Crippen molar-refractivity contribution in [3.63, 3.8) is 0 Å². The lowest BCUT2D eigenvalue weighted by atomic mass is 10.2. The second-order valence-electron chi connectivity index (χ2n) is 4.75. The first-order chi connectivity index (χ1) is 10.7. The fourth-order valence-corrected chi connectivity index (χ4v) is 2.11. The van der Waals surface area contributed by atoms with E-state index < -0.39 is 5.82 Å². The first-order valence-corrected chi connectivity index (χ1v) is 6.92. The molecule has 1 saturated heterocycles. The molecule has 0 radical (unpaired) electrons. The molecule has 0 unspecified atom stereocenters. The van der Waals surface area contributed by atoms with Gasteiger partial charge in [0.05, 0.1) is 25.3 Å². The summed E-state index contributed by atoms with van der Waals surface area (Å²) >= 11 is 0. The van der Waals surface area contributed by atoms with Crippen LogP contribution >= 0.6 is 0 Å². The molecule has 1 aromatic carbocycles. The van der Waals surface area contributed by atoms with Crippen molar-refractivity contribution in [2.45, 2.75) is 6.54 Å². The zero-order valence-electron chi connectivity index (χ0n) is 11.8. The van der Waals surface area contributed by atoms with E-state index in [0.29, 0.717) is 26.3 Å². The summed E-state index contributed by atoms with van der Waals surface area (Å²) in [5, 5.41) is 6.42. The van der Waals surface area contributed by atoms with Gasteiger partial charge in [0.25, 0.3) is 0 Å². The Morgan fingerprint density at radius 2 is 2.09 bits per heavy atom. The Labute approximate surface area is 126 Å². The lowest BCUT2D eigenvalue weighted by molar-refractivity contribution is 0.0529. The van der Waals surface area contributed by atoms with Crippen LogP contribution in [0.1, 0.15) is 5.89 Å². The van der Waals surface area contributed by atoms with E-state index in [4.69, 9.17) is 9.26 Å². The van der Waals surface area contributed by atoms with E-state index in [1.807, 2.05) is 0 Å². The number of benzene rings is 1. The van der Waals surface area contributed by atoms with Crippen molar-refractivity contribution in [3.05, 3.63) is 36.0 Å². The summed E-state index contributed by atoms with van der Waals surface area (Å²) in [6.45, 7) is 2.26. The topological polar surface area (TPSA) is 80.5 Å². The Balaban J connectivity index is 1.60. The largest absolute Gasteiger partial charge is 0.378 e. The summed E-state index contributed by atoms with van der Waals surface area (Å²) in [6, 6.07) is 5.95. The average molecular weight is 306 g/mol. The van der Waals surface area contributed by atoms with Gasteiger partial charge in [-0.15, -0.1) is 0 Å². The van der Waals surface area contributed by atoms with Gasteiger partial charge < -0.3 is 19.5 Å². The van der Waals surface area contributed by atoms with Crippen molar-refractivity contribution in [2.75, 3.05) is 26.3 Å². The van der Waals surface area contributed by atoms with Crippen LogP contribution in [0.4, 0.5) is 9.18 Å². The van der Waals surface area contributed by atoms with Crippen molar-refractivity contribution in [1.29, 1.82) is 0 Å². The summed E-state index contributed by atoms with van der Waals surface area (Å²) in [5.74, 6) is -0.0409. The second-order valence-corrected chi connectivity index (χ2v) is 4.75. The first-order valence-electron chi connectivity index (χ1n) is 6.92. The van der Waals surface area contributed by atoms with Gasteiger partial charge in [-0.05, 0) is 12.1 Å². The molecule has 1 aliphatic rings. The van der Waals surface area contributed by atoms with E-state index in [-0.39, 0.29) is 29.9 Å². The molecule has 0 atom stereocenters. The molecule has 2 aromatic rings. The number of urea groups is 1. The minimum Gasteiger partial charge on any atom is -0.378 e. The van der Waals surface area contributed by atoms with Gasteiger partial charge in [-0.25, -0.2) is 9.18 Å². The summed E-state index contributed by atoms with van der Waals surface area (Å²) in [7, 11) is 0. The Morgan fingerprint density at radius 3 is 2.86 bits per heavy atom. The number of ether oxygens (including phenoxy) is 1. The van der Waals surface area contributed by atoms with Gasteiger partial charge in [0.15, 0.2) is 0 Å². The van der Waals surface area contributed by atoms with Crippen LogP contribution < -0.4 is 5.32 Å². The van der Waals surface area contributed by atoms with Gasteiger partial charge in [0, 0.05) is 13.1 Å². The van der Waals surface area contributed by atoms with Crippen LogP contribution in [-0.2, 0) is 11.3 Å². The van der Waals surface area contributed by atoms with Crippen molar-refractivity contribution in [2.24, 2.45) is 0 Å². The molecule has 1 fully saturated rings. The molecule has 3 rings (SSSR count). The van der Waals surface area contributed by atoms with Gasteiger partial charge in [0.2, 0.25) is 11.7 Å². The molecule has 1 N–H and O–H groups in total. The number of nitrogens with one attached hydrogen (secondary N) is 1. The van der Waals surface area contributed by atoms with Crippen molar-refractivity contribution in [3.8, 4) is 11.4 Å². The Morgan fingerprint density at radius 1 is 1.32 bits per heavy atom. The van der Waals surface area contributed by atoms with Crippen LogP contribution in [-0.4, -0.2) is 47.4 Å². The molecule has 2 heterocycles. The lowest BCUT2D eigenvalue weighted by Crippen LogP contribution is -2.45. The molecule has 1 aromatic heterocycles. The third-order valence-corrected chi connectivity index (χ3v) is 3.27. The molecule has 8 heteroatoms. The van der Waals surface area contributed by atoms with E-state index in [1.54, 1.807) is 23.1 Å². The number of carbonyl (C=O) groups excluding carboxylic acids is 1. The van der Waals surface area contributed by atoms with Gasteiger partial charge in [-0.2, -0.15) is 4.98 Å². The van der Waals surface area contributed by atoms with Gasteiger partial charge in [-0.3, -0.25) is 0 Å². The zero-order valence-corrected chi connectivity index (χ0v) is 11.8. The highest BCUT2D eigenvalue weighted by atomic mass is 19.1. The molecule has 0 bridgehead atoms. The zero-order chi connectivity index (χ0) is 15.4. The van der Waals surface area contributed by atoms with E-state index >= 15 is 0 Å². The van der Waals surface area contributed by atoms with Crippen molar-refractivity contribution in [1.82, 2.24) is 20.4 Å². The molecule has 0 saturated carbocycles. The maximum Gasteiger partial charge on any atom is 0.317 e. The molecule has 7 nitrogen and oxygen atoms in total. The minimum atomic E-state index is -0.424. The first kappa shape index (κ1) is 14.5. The summed E-state index contributed by atoms with van der Waals surface area (Å²) in [4.78, 5) is 17.6. The summed E-state index contributed by atoms with van der Waals surface area (Å²) < 4.78 is 23.8. The number of morpholine rings is 1. The standard InChI is InChI=1S/C14H15FN4O3/c15-11-4-2-1-3-10(11)13-17-12(22-18-13)9-16-14(20)19-5-7-21-8-6-19/h1-4H,5-9H2,(H,16,20). The fraction of sp³-hybridized carbons (Fsp3) is 0.357. The van der Waals surface area contributed by atoms with E-state index in [0.717, 1.165) is 0 Å². The monoisotopic (exact) mass is 306 g/mol. The molecular formula is C14H15FN4O3. The smallest absolute Gasteiger partial charge is 0.317 e. The summed E-state index contributed by atoms with van der Waals surface area (Å²) in [5.41, 5.74) is 0.261. The predicted molar refractivity (Wildman–Crippen MR) is 74.3 cm³/mol. The molecule has 2 amide bonds. The third-order valence-electron chi connectivity index (χ3n) is 3.27. The van der Waals surface area contributed by atoms with Crippen LogP contribution in [0.5, 0.6) is 0 Å². The maximum absolute atomic E-state index is 13.6. The minimum absolute atomic E-state index is 0.0949. The van der Waals surface area contributed by atoms with Crippen LogP contribution in [0.25, 0.3) is 11.4 Å². The number of carbonyl (C=O) groups is 1. The molecule has 116 valence electrons. The van der Waals surface area contributed by atoms with Crippen LogP contribution in [0.15, 0.2) is 28.8 Å². The molecule has 1 aliphatic heterocycles. The van der Waals surface area contributed by atoms with Gasteiger partial charge in [-0.1, -0.05) is 17.3 Å². The number of hydrogen-bond donors (Lipinski definition) is 1. The lowest BCUT2D eigenvalue weighted by Gasteiger charge is -2.26. The van der Waals surface area contributed by atoms with E-state index in [1.165, 1.54) is 6.07 Å². The van der Waals surface area contributed by atoms with E-state index in [2.05, 4.69) is 15.5 Å². The predicted octanol–water partition coefficient (Wildman–Crippen LogP) is 1.42. The number of amides is 2. The number of rotatable bonds is 3. The van der Waals surface area contributed by atoms with Crippen molar-refractivity contribution < 1.29 is 18.4 Å². The molecule has 0 spiro atoms. The second kappa shape index (κ2) is 6.52. The highest BCUT2D eigenvalue weighted by molar-refractivity contribution is 5.74. The maximum atomic E-state index is 13.6. The van der Waals surface area contributed by atoms with Gasteiger partial charge >= 0.3 is 6.03 Å². The Bertz CT molecular complexity index is 655. The number of aromatic nitrogens is 2. The Hall–Kier alpha value is -2.48. The summed E-state index contributed by atoms with van der Waals surface area (Å²) in [6.07, 6.45) is 0. The SMILES string of the molecule is O=C(NCc1nc(-c2ccccc2F)no1)N1CCOCC1. The highest BCUT2D eigenvalue weighted by Gasteiger charge is 2.18. The van der Waals surface area contributed by atoms with Gasteiger partial charge in [0.1, 0.15) is 5.82 Å². The molecule has 22 heavy (non-hydrogen) atoms. The van der Waals surface area contributed by atoms with Crippen LogP contribution in [0.3, 0.4) is 0 Å². The number of nitrogens with zero attached hydrogens (tertiary/aromatic N) is 3. The normalized spacial score (nSPS) is 14.9. The number of hydrogen-bond acceptors (Lipinski definition) is 5. The Kier molecular flexibility index (Phi) is 4.29.